The molecule has 0 spiro atoms. The highest BCUT2D eigenvalue weighted by Crippen LogP contribution is 2.19. The molecule has 31 heavy (non-hydrogen) atoms. The van der Waals surface area contributed by atoms with E-state index in [0.29, 0.717) is 22.6 Å². The molecule has 0 unspecified atom stereocenters. The van der Waals surface area contributed by atoms with Crippen LogP contribution in [0, 0.1) is 5.92 Å². The number of sulfonamides is 1. The van der Waals surface area contributed by atoms with Crippen LogP contribution >= 0.6 is 0 Å². The first-order valence-electron chi connectivity index (χ1n) is 9.65. The Bertz CT molecular complexity index is 1170. The Labute approximate surface area is 181 Å². The van der Waals surface area contributed by atoms with Crippen molar-refractivity contribution in [1.82, 2.24) is 0 Å². The summed E-state index contributed by atoms with van der Waals surface area (Å²) < 4.78 is 27.3. The normalized spacial score (nSPS) is 11.1. The minimum absolute atomic E-state index is 0.114. The summed E-state index contributed by atoms with van der Waals surface area (Å²) in [5.74, 6) is -0.627. The molecule has 0 bridgehead atoms. The summed E-state index contributed by atoms with van der Waals surface area (Å²) in [6.45, 7) is 3.59. The predicted molar refractivity (Wildman–Crippen MR) is 122 cm³/mol. The summed E-state index contributed by atoms with van der Waals surface area (Å²) in [5, 5.41) is 5.55. The first kappa shape index (κ1) is 22.0. The van der Waals surface area contributed by atoms with E-state index >= 15 is 0 Å². The first-order chi connectivity index (χ1) is 14.7. The lowest BCUT2D eigenvalue weighted by molar-refractivity contribution is -0.118. The molecule has 0 heterocycles. The highest BCUT2D eigenvalue weighted by Gasteiger charge is 2.14. The van der Waals surface area contributed by atoms with Crippen LogP contribution in [0.25, 0.3) is 0 Å². The number of hydrogen-bond acceptors (Lipinski definition) is 4. The molecule has 0 aliphatic carbocycles. The minimum atomic E-state index is -3.70. The van der Waals surface area contributed by atoms with Crippen molar-refractivity contribution in [2.45, 2.75) is 18.7 Å². The molecule has 0 fully saturated rings. The SMILES string of the molecule is CC(C)C(=O)Nc1cccc(NC(=O)c2ccc(NS(=O)(=O)c3ccccc3)cc2)c1. The van der Waals surface area contributed by atoms with E-state index in [1.807, 2.05) is 0 Å². The predicted octanol–water partition coefficient (Wildman–Crippen LogP) is 4.33. The number of hydrogen-bond donors (Lipinski definition) is 3. The largest absolute Gasteiger partial charge is 0.326 e. The van der Waals surface area contributed by atoms with E-state index in [1.54, 1.807) is 56.3 Å². The van der Waals surface area contributed by atoms with E-state index in [2.05, 4.69) is 15.4 Å². The van der Waals surface area contributed by atoms with Crippen molar-refractivity contribution < 1.29 is 18.0 Å². The summed E-state index contributed by atoms with van der Waals surface area (Å²) >= 11 is 0. The third kappa shape index (κ3) is 5.93. The van der Waals surface area contributed by atoms with Crippen LogP contribution in [-0.2, 0) is 14.8 Å². The van der Waals surface area contributed by atoms with Gasteiger partial charge in [0.15, 0.2) is 0 Å². The summed E-state index contributed by atoms with van der Waals surface area (Å²) in [6, 6.07) is 21.0. The van der Waals surface area contributed by atoms with Crippen molar-refractivity contribution in [3.63, 3.8) is 0 Å². The van der Waals surface area contributed by atoms with E-state index in [-0.39, 0.29) is 22.6 Å². The van der Waals surface area contributed by atoms with Gasteiger partial charge in [0, 0.05) is 28.5 Å². The molecule has 0 saturated carbocycles. The number of rotatable bonds is 7. The molecule has 3 aromatic rings. The maximum Gasteiger partial charge on any atom is 0.261 e. The number of anilines is 3. The molecule has 0 radical (unpaired) electrons. The standard InChI is InChI=1S/C23H23N3O4S/c1-16(2)22(27)24-19-7-6-8-20(15-19)25-23(28)17-11-13-18(14-12-17)26-31(29,30)21-9-4-3-5-10-21/h3-16,26H,1-2H3,(H,24,27)(H,25,28). The fourth-order valence-corrected chi connectivity index (χ4v) is 3.75. The zero-order chi connectivity index (χ0) is 22.4. The van der Waals surface area contributed by atoms with Gasteiger partial charge in [0.25, 0.3) is 15.9 Å². The topological polar surface area (TPSA) is 104 Å². The third-order valence-electron chi connectivity index (χ3n) is 4.37. The Hall–Kier alpha value is -3.65. The Morgan fingerprint density at radius 3 is 1.97 bits per heavy atom. The van der Waals surface area contributed by atoms with Gasteiger partial charge in [-0.1, -0.05) is 38.1 Å². The highest BCUT2D eigenvalue weighted by molar-refractivity contribution is 7.92. The van der Waals surface area contributed by atoms with Gasteiger partial charge in [0.1, 0.15) is 0 Å². The molecule has 0 aliphatic heterocycles. The van der Waals surface area contributed by atoms with Gasteiger partial charge in [-0.2, -0.15) is 0 Å². The van der Waals surface area contributed by atoms with Gasteiger partial charge >= 0.3 is 0 Å². The fourth-order valence-electron chi connectivity index (χ4n) is 2.67. The molecule has 0 atom stereocenters. The average molecular weight is 438 g/mol. The molecule has 0 aromatic heterocycles. The van der Waals surface area contributed by atoms with Crippen LogP contribution in [0.4, 0.5) is 17.1 Å². The van der Waals surface area contributed by atoms with Gasteiger partial charge in [0.2, 0.25) is 5.91 Å². The van der Waals surface area contributed by atoms with Gasteiger partial charge in [-0.3, -0.25) is 14.3 Å². The van der Waals surface area contributed by atoms with Gasteiger partial charge in [-0.15, -0.1) is 0 Å². The van der Waals surface area contributed by atoms with Crippen molar-refractivity contribution in [2.24, 2.45) is 5.92 Å². The van der Waals surface area contributed by atoms with Crippen LogP contribution in [-0.4, -0.2) is 20.2 Å². The van der Waals surface area contributed by atoms with Crippen LogP contribution in [0.3, 0.4) is 0 Å². The Morgan fingerprint density at radius 1 is 0.742 bits per heavy atom. The number of carbonyl (C=O) groups excluding carboxylic acids is 2. The number of amides is 2. The van der Waals surface area contributed by atoms with Crippen LogP contribution in [0.15, 0.2) is 83.8 Å². The summed E-state index contributed by atoms with van der Waals surface area (Å²) in [7, 11) is -3.70. The molecular formula is C23H23N3O4S. The molecule has 8 heteroatoms. The smallest absolute Gasteiger partial charge is 0.261 e. The Kier molecular flexibility index (Phi) is 6.71. The lowest BCUT2D eigenvalue weighted by Gasteiger charge is -2.11. The molecule has 2 amide bonds. The molecule has 3 aromatic carbocycles. The lowest BCUT2D eigenvalue weighted by Crippen LogP contribution is -2.18. The minimum Gasteiger partial charge on any atom is -0.326 e. The van der Waals surface area contributed by atoms with Crippen LogP contribution in [0.1, 0.15) is 24.2 Å². The van der Waals surface area contributed by atoms with Crippen molar-refractivity contribution >= 4 is 38.9 Å². The lowest BCUT2D eigenvalue weighted by atomic mass is 10.2. The maximum atomic E-state index is 12.5. The van der Waals surface area contributed by atoms with Crippen molar-refractivity contribution in [3.8, 4) is 0 Å². The number of nitrogens with one attached hydrogen (secondary N) is 3. The fraction of sp³-hybridized carbons (Fsp3) is 0.130. The average Bonchev–Trinajstić information content (AvgIpc) is 2.75. The Morgan fingerprint density at radius 2 is 1.35 bits per heavy atom. The van der Waals surface area contributed by atoms with Crippen LogP contribution < -0.4 is 15.4 Å². The van der Waals surface area contributed by atoms with Gasteiger partial charge in [-0.05, 0) is 54.6 Å². The summed E-state index contributed by atoms with van der Waals surface area (Å²) in [6.07, 6.45) is 0. The zero-order valence-electron chi connectivity index (χ0n) is 17.1. The maximum absolute atomic E-state index is 12.5. The van der Waals surface area contributed by atoms with E-state index in [0.717, 1.165) is 0 Å². The van der Waals surface area contributed by atoms with E-state index in [1.165, 1.54) is 36.4 Å². The number of benzene rings is 3. The second kappa shape index (κ2) is 9.44. The quantitative estimate of drug-likeness (QED) is 0.512. The highest BCUT2D eigenvalue weighted by atomic mass is 32.2. The van der Waals surface area contributed by atoms with Gasteiger partial charge in [-0.25, -0.2) is 8.42 Å². The molecular weight excluding hydrogens is 414 g/mol. The molecule has 3 rings (SSSR count). The van der Waals surface area contributed by atoms with E-state index < -0.39 is 10.0 Å². The molecule has 0 saturated heterocycles. The number of carbonyl (C=O) groups is 2. The monoisotopic (exact) mass is 437 g/mol. The summed E-state index contributed by atoms with van der Waals surface area (Å²) in [5.41, 5.74) is 1.82. The molecule has 0 aliphatic rings. The van der Waals surface area contributed by atoms with Gasteiger partial charge in [0.05, 0.1) is 4.90 Å². The molecule has 7 nitrogen and oxygen atoms in total. The first-order valence-corrected chi connectivity index (χ1v) is 11.1. The Balaban J connectivity index is 1.66. The van der Waals surface area contributed by atoms with E-state index in [4.69, 9.17) is 0 Å². The van der Waals surface area contributed by atoms with E-state index in [9.17, 15) is 18.0 Å². The second-order valence-corrected chi connectivity index (χ2v) is 8.86. The van der Waals surface area contributed by atoms with Crippen molar-refractivity contribution in [3.05, 3.63) is 84.4 Å². The summed E-state index contributed by atoms with van der Waals surface area (Å²) in [4.78, 5) is 24.5. The molecule has 160 valence electrons. The van der Waals surface area contributed by atoms with Crippen molar-refractivity contribution in [1.29, 1.82) is 0 Å². The third-order valence-corrected chi connectivity index (χ3v) is 5.76. The zero-order valence-corrected chi connectivity index (χ0v) is 17.9. The van der Waals surface area contributed by atoms with Crippen LogP contribution in [0.5, 0.6) is 0 Å². The molecule has 3 N–H and O–H groups in total. The van der Waals surface area contributed by atoms with Crippen LogP contribution in [0.2, 0.25) is 0 Å². The van der Waals surface area contributed by atoms with Crippen molar-refractivity contribution in [2.75, 3.05) is 15.4 Å². The second-order valence-electron chi connectivity index (χ2n) is 7.17. The van der Waals surface area contributed by atoms with Gasteiger partial charge < -0.3 is 10.6 Å².